The van der Waals surface area contributed by atoms with Crippen LogP contribution in [0, 0.1) is 5.82 Å². The van der Waals surface area contributed by atoms with Crippen LogP contribution in [-0.2, 0) is 11.2 Å². The number of ether oxygens (including phenoxy) is 1. The first-order valence-corrected chi connectivity index (χ1v) is 8.42. The third-order valence-corrected chi connectivity index (χ3v) is 4.62. The molecule has 1 N–H and O–H groups in total. The minimum atomic E-state index is -0.571. The van der Waals surface area contributed by atoms with Crippen molar-refractivity contribution in [1.29, 1.82) is 0 Å². The maximum atomic E-state index is 13.5. The first-order chi connectivity index (χ1) is 12.1. The van der Waals surface area contributed by atoms with Gasteiger partial charge in [0.05, 0.1) is 19.3 Å². The zero-order valence-corrected chi connectivity index (χ0v) is 14.2. The second-order valence-corrected chi connectivity index (χ2v) is 6.35. The molecule has 4 nitrogen and oxygen atoms in total. The van der Waals surface area contributed by atoms with Gasteiger partial charge < -0.3 is 14.7 Å². The van der Waals surface area contributed by atoms with E-state index in [1.807, 2.05) is 24.3 Å². The lowest BCUT2D eigenvalue weighted by atomic mass is 10.0. The van der Waals surface area contributed by atoms with Crippen LogP contribution in [0.15, 0.2) is 48.5 Å². The Morgan fingerprint density at radius 2 is 2.04 bits per heavy atom. The molecule has 1 aliphatic rings. The molecule has 1 saturated heterocycles. The number of amides is 1. The molecule has 2 atom stereocenters. The molecule has 0 radical (unpaired) electrons. The van der Waals surface area contributed by atoms with Crippen molar-refractivity contribution >= 4 is 5.91 Å². The molecule has 1 fully saturated rings. The smallest absolute Gasteiger partial charge is 0.223 e. The van der Waals surface area contributed by atoms with Gasteiger partial charge in [0.1, 0.15) is 11.6 Å². The third kappa shape index (κ3) is 4.17. The molecule has 0 bridgehead atoms. The molecule has 2 aromatic rings. The van der Waals surface area contributed by atoms with E-state index in [2.05, 4.69) is 0 Å². The third-order valence-electron chi connectivity index (χ3n) is 4.62. The Hall–Kier alpha value is -2.40. The average molecular weight is 343 g/mol. The Morgan fingerprint density at radius 3 is 2.72 bits per heavy atom. The van der Waals surface area contributed by atoms with Crippen LogP contribution in [0.1, 0.15) is 30.0 Å². The highest BCUT2D eigenvalue weighted by molar-refractivity contribution is 5.77. The molecular formula is C20H22FNO3. The highest BCUT2D eigenvalue weighted by atomic mass is 19.1. The Balaban J connectivity index is 1.66. The first kappa shape index (κ1) is 17.4. The normalized spacial score (nSPS) is 19.9. The summed E-state index contributed by atoms with van der Waals surface area (Å²) < 4.78 is 18.6. The Morgan fingerprint density at radius 1 is 1.28 bits per heavy atom. The summed E-state index contributed by atoms with van der Waals surface area (Å²) in [6.45, 7) is 0.294. The van der Waals surface area contributed by atoms with Crippen LogP contribution in [0.25, 0.3) is 0 Å². The van der Waals surface area contributed by atoms with Crippen molar-refractivity contribution in [3.8, 4) is 5.75 Å². The van der Waals surface area contributed by atoms with Crippen molar-refractivity contribution in [2.45, 2.75) is 31.4 Å². The van der Waals surface area contributed by atoms with Gasteiger partial charge >= 0.3 is 0 Å². The van der Waals surface area contributed by atoms with Gasteiger partial charge in [-0.2, -0.15) is 0 Å². The number of methoxy groups -OCH3 is 1. The topological polar surface area (TPSA) is 49.8 Å². The van der Waals surface area contributed by atoms with Crippen LogP contribution in [0.5, 0.6) is 5.75 Å². The van der Waals surface area contributed by atoms with E-state index in [1.165, 1.54) is 12.1 Å². The molecule has 5 heteroatoms. The molecule has 25 heavy (non-hydrogen) atoms. The van der Waals surface area contributed by atoms with Crippen molar-refractivity contribution in [3.05, 3.63) is 65.5 Å². The quantitative estimate of drug-likeness (QED) is 0.908. The molecule has 0 aromatic heterocycles. The molecule has 1 heterocycles. The highest BCUT2D eigenvalue weighted by Gasteiger charge is 2.35. The average Bonchev–Trinajstić information content (AvgIpc) is 3.02. The van der Waals surface area contributed by atoms with Crippen molar-refractivity contribution in [3.63, 3.8) is 0 Å². The maximum absolute atomic E-state index is 13.5. The van der Waals surface area contributed by atoms with Crippen molar-refractivity contribution in [1.82, 2.24) is 4.90 Å². The number of aryl methyl sites for hydroxylation is 1. The largest absolute Gasteiger partial charge is 0.497 e. The number of halogens is 1. The number of hydrogen-bond donors (Lipinski definition) is 1. The van der Waals surface area contributed by atoms with Crippen LogP contribution in [-0.4, -0.2) is 35.7 Å². The molecule has 3 rings (SSSR count). The number of aliphatic hydroxyl groups excluding tert-OH is 1. The van der Waals surface area contributed by atoms with E-state index >= 15 is 0 Å². The van der Waals surface area contributed by atoms with Gasteiger partial charge in [-0.05, 0) is 48.2 Å². The lowest BCUT2D eigenvalue weighted by Crippen LogP contribution is -2.32. The minimum Gasteiger partial charge on any atom is -0.497 e. The van der Waals surface area contributed by atoms with Crippen LogP contribution < -0.4 is 4.74 Å². The van der Waals surface area contributed by atoms with Gasteiger partial charge in [-0.1, -0.05) is 24.3 Å². The number of benzene rings is 2. The van der Waals surface area contributed by atoms with Crippen LogP contribution in [0.4, 0.5) is 4.39 Å². The monoisotopic (exact) mass is 343 g/mol. The molecule has 1 aliphatic heterocycles. The lowest BCUT2D eigenvalue weighted by Gasteiger charge is -2.25. The van der Waals surface area contributed by atoms with E-state index in [9.17, 15) is 14.3 Å². The van der Waals surface area contributed by atoms with Crippen LogP contribution in [0.2, 0.25) is 0 Å². The van der Waals surface area contributed by atoms with Gasteiger partial charge in [-0.25, -0.2) is 4.39 Å². The lowest BCUT2D eigenvalue weighted by molar-refractivity contribution is -0.132. The number of β-amino-alcohol motifs (C(OH)–C–C–N with tert-alkyl or cyclic N) is 1. The summed E-state index contributed by atoms with van der Waals surface area (Å²) in [6.07, 6.45) is 0.839. The summed E-state index contributed by atoms with van der Waals surface area (Å²) in [6, 6.07) is 13.6. The van der Waals surface area contributed by atoms with Gasteiger partial charge in [-0.3, -0.25) is 4.79 Å². The number of likely N-dealkylation sites (tertiary alicyclic amines) is 1. The van der Waals surface area contributed by atoms with Crippen molar-refractivity contribution < 1.29 is 19.0 Å². The second kappa shape index (κ2) is 7.66. The van der Waals surface area contributed by atoms with E-state index in [0.29, 0.717) is 25.8 Å². The van der Waals surface area contributed by atoms with Gasteiger partial charge in [0.2, 0.25) is 5.91 Å². The van der Waals surface area contributed by atoms with E-state index in [4.69, 9.17) is 4.74 Å². The van der Waals surface area contributed by atoms with Crippen molar-refractivity contribution in [2.75, 3.05) is 13.7 Å². The zero-order chi connectivity index (χ0) is 17.8. The number of aliphatic hydroxyl groups is 1. The summed E-state index contributed by atoms with van der Waals surface area (Å²) >= 11 is 0. The van der Waals surface area contributed by atoms with Crippen molar-refractivity contribution in [2.24, 2.45) is 0 Å². The van der Waals surface area contributed by atoms with Gasteiger partial charge in [-0.15, -0.1) is 0 Å². The molecular weight excluding hydrogens is 321 g/mol. The number of hydrogen-bond acceptors (Lipinski definition) is 3. The zero-order valence-electron chi connectivity index (χ0n) is 14.2. The molecule has 0 unspecified atom stereocenters. The maximum Gasteiger partial charge on any atom is 0.223 e. The fraction of sp³-hybridized carbons (Fsp3) is 0.350. The standard InChI is InChI=1S/C20H22FNO3/c1-25-18-8-5-14(6-9-18)7-10-20(24)22-13-17(23)12-19(22)15-3-2-4-16(21)11-15/h2-6,8-9,11,17,19,23H,7,10,12-13H2,1H3/t17-,19-/m0/s1. The first-order valence-electron chi connectivity index (χ1n) is 8.42. The fourth-order valence-corrected chi connectivity index (χ4v) is 3.31. The molecule has 0 saturated carbocycles. The molecule has 2 aromatic carbocycles. The minimum absolute atomic E-state index is 0.0263. The number of carbonyl (C=O) groups is 1. The Kier molecular flexibility index (Phi) is 5.34. The number of rotatable bonds is 5. The summed E-state index contributed by atoms with van der Waals surface area (Å²) in [7, 11) is 1.61. The van der Waals surface area contributed by atoms with Crippen LogP contribution in [0.3, 0.4) is 0 Å². The number of nitrogens with zero attached hydrogens (tertiary/aromatic N) is 1. The van der Waals surface area contributed by atoms with E-state index < -0.39 is 6.10 Å². The highest BCUT2D eigenvalue weighted by Crippen LogP contribution is 2.33. The SMILES string of the molecule is COc1ccc(CCC(=O)N2C[C@@H](O)C[C@H]2c2cccc(F)c2)cc1. The van der Waals surface area contributed by atoms with E-state index in [-0.39, 0.29) is 17.8 Å². The molecule has 0 spiro atoms. The predicted octanol–water partition coefficient (Wildman–Crippen LogP) is 3.10. The summed E-state index contributed by atoms with van der Waals surface area (Å²) in [5, 5.41) is 9.99. The summed E-state index contributed by atoms with van der Waals surface area (Å²) in [4.78, 5) is 14.3. The molecule has 132 valence electrons. The Bertz CT molecular complexity index is 732. The van der Waals surface area contributed by atoms with E-state index in [0.717, 1.165) is 16.9 Å². The molecule has 0 aliphatic carbocycles. The predicted molar refractivity (Wildman–Crippen MR) is 92.8 cm³/mol. The Labute approximate surface area is 146 Å². The van der Waals surface area contributed by atoms with Crippen LogP contribution >= 0.6 is 0 Å². The molecule has 1 amide bonds. The summed E-state index contributed by atoms with van der Waals surface area (Å²) in [5.41, 5.74) is 1.78. The van der Waals surface area contributed by atoms with Gasteiger partial charge in [0, 0.05) is 13.0 Å². The van der Waals surface area contributed by atoms with Gasteiger partial charge in [0.15, 0.2) is 0 Å². The number of carbonyl (C=O) groups excluding carboxylic acids is 1. The van der Waals surface area contributed by atoms with E-state index in [1.54, 1.807) is 24.1 Å². The second-order valence-electron chi connectivity index (χ2n) is 6.35. The summed E-state index contributed by atoms with van der Waals surface area (Å²) in [5.74, 6) is 0.426. The van der Waals surface area contributed by atoms with Gasteiger partial charge in [0.25, 0.3) is 0 Å². The fourth-order valence-electron chi connectivity index (χ4n) is 3.31.